The Morgan fingerprint density at radius 3 is 2.71 bits per heavy atom. The lowest BCUT2D eigenvalue weighted by molar-refractivity contribution is -0.125. The molecular formula is C17H29N5O4S2. The van der Waals surface area contributed by atoms with E-state index in [1.54, 1.807) is 18.7 Å². The molecule has 158 valence electrons. The topological polar surface area (TPSA) is 112 Å². The van der Waals surface area contributed by atoms with Crippen LogP contribution in [0.25, 0.3) is 0 Å². The van der Waals surface area contributed by atoms with Crippen molar-refractivity contribution in [3.8, 4) is 0 Å². The van der Waals surface area contributed by atoms with Crippen LogP contribution in [0.1, 0.15) is 19.8 Å². The Hall–Kier alpha value is -1.01. The Morgan fingerprint density at radius 1 is 1.21 bits per heavy atom. The molecule has 0 aromatic carbocycles. The number of carbonyl (C=O) groups is 3. The van der Waals surface area contributed by atoms with Crippen molar-refractivity contribution in [1.29, 1.82) is 0 Å². The minimum Gasteiger partial charge on any atom is -0.450 e. The monoisotopic (exact) mass is 431 g/mol. The maximum absolute atomic E-state index is 12.8. The van der Waals surface area contributed by atoms with Crippen LogP contribution >= 0.6 is 23.5 Å². The van der Waals surface area contributed by atoms with Crippen LogP contribution in [0.2, 0.25) is 0 Å². The average molecular weight is 432 g/mol. The maximum Gasteiger partial charge on any atom is 0.413 e. The van der Waals surface area contributed by atoms with E-state index in [1.165, 1.54) is 11.8 Å². The Labute approximate surface area is 173 Å². The summed E-state index contributed by atoms with van der Waals surface area (Å²) >= 11 is 3.12. The Morgan fingerprint density at radius 2 is 2.00 bits per heavy atom. The second-order valence-electron chi connectivity index (χ2n) is 7.31. The summed E-state index contributed by atoms with van der Waals surface area (Å²) in [5.41, 5.74) is 0. The Kier molecular flexibility index (Phi) is 7.48. The lowest BCUT2D eigenvalue weighted by Gasteiger charge is -2.37. The number of hydrogen-bond donors (Lipinski definition) is 4. The standard InChI is InChI=1S/C17H29N5O4S2/c1-4-26-17(25)21-12(23)9-6-8-27-14(9)20-13(24)16-19-11-10(22(2)3)5-7-18-15(11)28-16/h9-11,14-16,18-19H,4-8H2,1-3H3,(H,20,24)(H,21,23,25). The van der Waals surface area contributed by atoms with Crippen LogP contribution in [0.5, 0.6) is 0 Å². The number of amides is 3. The summed E-state index contributed by atoms with van der Waals surface area (Å²) < 4.78 is 4.76. The maximum atomic E-state index is 12.8. The van der Waals surface area contributed by atoms with E-state index in [0.29, 0.717) is 12.5 Å². The van der Waals surface area contributed by atoms with Crippen molar-refractivity contribution < 1.29 is 19.1 Å². The molecule has 3 heterocycles. The van der Waals surface area contributed by atoms with Gasteiger partial charge in [-0.1, -0.05) is 0 Å². The molecule has 3 fully saturated rings. The fraction of sp³-hybridized carbons (Fsp3) is 0.824. The number of hydrogen-bond acceptors (Lipinski definition) is 9. The molecule has 6 atom stereocenters. The van der Waals surface area contributed by atoms with E-state index in [1.807, 2.05) is 0 Å². The van der Waals surface area contributed by atoms with Gasteiger partial charge >= 0.3 is 6.09 Å². The minimum absolute atomic E-state index is 0.118. The number of ether oxygens (including phenoxy) is 1. The number of carbonyl (C=O) groups excluding carboxylic acids is 3. The molecule has 3 saturated heterocycles. The van der Waals surface area contributed by atoms with Crippen molar-refractivity contribution in [2.75, 3.05) is 33.0 Å². The van der Waals surface area contributed by atoms with Gasteiger partial charge in [-0.3, -0.25) is 20.2 Å². The van der Waals surface area contributed by atoms with Crippen LogP contribution in [0, 0.1) is 5.92 Å². The predicted molar refractivity (Wildman–Crippen MR) is 110 cm³/mol. The smallest absolute Gasteiger partial charge is 0.413 e. The molecular weight excluding hydrogens is 402 g/mol. The zero-order chi connectivity index (χ0) is 20.3. The van der Waals surface area contributed by atoms with Crippen LogP contribution in [-0.4, -0.2) is 84.0 Å². The van der Waals surface area contributed by atoms with E-state index in [-0.39, 0.29) is 34.7 Å². The van der Waals surface area contributed by atoms with Gasteiger partial charge in [0, 0.05) is 12.1 Å². The number of alkyl carbamates (subject to hydrolysis) is 1. The first kappa shape index (κ1) is 21.7. The molecule has 11 heteroatoms. The summed E-state index contributed by atoms with van der Waals surface area (Å²) in [7, 11) is 4.13. The molecule has 0 bridgehead atoms. The fourth-order valence-corrected chi connectivity index (χ4v) is 6.57. The van der Waals surface area contributed by atoms with Gasteiger partial charge in [0.05, 0.1) is 23.3 Å². The molecule has 0 radical (unpaired) electrons. The van der Waals surface area contributed by atoms with E-state index in [4.69, 9.17) is 4.74 Å². The highest BCUT2D eigenvalue weighted by atomic mass is 32.2. The fourth-order valence-electron chi connectivity index (χ4n) is 3.87. The van der Waals surface area contributed by atoms with Gasteiger partial charge < -0.3 is 20.3 Å². The van der Waals surface area contributed by atoms with Crippen LogP contribution in [0.4, 0.5) is 4.79 Å². The van der Waals surface area contributed by atoms with Crippen molar-refractivity contribution in [1.82, 2.24) is 26.2 Å². The van der Waals surface area contributed by atoms with Gasteiger partial charge in [0.1, 0.15) is 5.37 Å². The Bertz CT molecular complexity index is 608. The summed E-state index contributed by atoms with van der Waals surface area (Å²) in [6, 6.07) is 0.573. The molecule has 0 aromatic heterocycles. The molecule has 4 N–H and O–H groups in total. The number of thioether (sulfide) groups is 2. The first-order valence-electron chi connectivity index (χ1n) is 9.61. The number of nitrogens with one attached hydrogen (secondary N) is 4. The summed E-state index contributed by atoms with van der Waals surface area (Å²) in [5.74, 6) is -0.206. The van der Waals surface area contributed by atoms with Gasteiger partial charge in [-0.05, 0) is 46.2 Å². The van der Waals surface area contributed by atoms with E-state index in [2.05, 4.69) is 40.3 Å². The number of piperidine rings is 1. The quantitative estimate of drug-likeness (QED) is 0.468. The molecule has 3 amide bonds. The molecule has 0 saturated carbocycles. The predicted octanol–water partition coefficient (Wildman–Crippen LogP) is -0.265. The molecule has 0 aliphatic carbocycles. The lowest BCUT2D eigenvalue weighted by atomic mass is 9.99. The summed E-state index contributed by atoms with van der Waals surface area (Å²) in [6.45, 7) is 2.81. The third-order valence-electron chi connectivity index (χ3n) is 5.27. The molecule has 28 heavy (non-hydrogen) atoms. The Balaban J connectivity index is 1.55. The van der Waals surface area contributed by atoms with Crippen LogP contribution in [0.3, 0.4) is 0 Å². The molecule has 0 spiro atoms. The average Bonchev–Trinajstić information content (AvgIpc) is 3.27. The number of imide groups is 1. The second kappa shape index (κ2) is 9.66. The van der Waals surface area contributed by atoms with Crippen molar-refractivity contribution in [2.45, 2.75) is 48.0 Å². The van der Waals surface area contributed by atoms with Crippen LogP contribution < -0.4 is 21.3 Å². The third kappa shape index (κ3) is 4.93. The zero-order valence-electron chi connectivity index (χ0n) is 16.4. The van der Waals surface area contributed by atoms with Gasteiger partial charge in [0.25, 0.3) is 0 Å². The molecule has 9 nitrogen and oxygen atoms in total. The normalized spacial score (nSPS) is 34.7. The highest BCUT2D eigenvalue weighted by Gasteiger charge is 2.45. The highest BCUT2D eigenvalue weighted by Crippen LogP contribution is 2.34. The molecule has 3 rings (SSSR count). The largest absolute Gasteiger partial charge is 0.450 e. The van der Waals surface area contributed by atoms with Gasteiger partial charge in [-0.25, -0.2) is 4.79 Å². The van der Waals surface area contributed by atoms with Crippen molar-refractivity contribution in [3.05, 3.63) is 0 Å². The van der Waals surface area contributed by atoms with Gasteiger partial charge in [-0.15, -0.1) is 23.5 Å². The minimum atomic E-state index is -0.743. The third-order valence-corrected chi connectivity index (χ3v) is 7.92. The first-order valence-corrected chi connectivity index (χ1v) is 11.6. The number of likely N-dealkylation sites (N-methyl/N-ethyl adjacent to an activating group) is 1. The van der Waals surface area contributed by atoms with Crippen LogP contribution in [-0.2, 0) is 14.3 Å². The highest BCUT2D eigenvalue weighted by molar-refractivity contribution is 8.01. The lowest BCUT2D eigenvalue weighted by Crippen LogP contribution is -2.59. The summed E-state index contributed by atoms with van der Waals surface area (Å²) in [5, 5.41) is 11.7. The number of nitrogens with zero attached hydrogens (tertiary/aromatic N) is 1. The molecule has 0 aromatic rings. The SMILES string of the molecule is CCOC(=O)NC(=O)C1CCSC1NC(=O)C1NC2C(NCCC2N(C)C)S1. The molecule has 3 aliphatic heterocycles. The van der Waals surface area contributed by atoms with Crippen molar-refractivity contribution >= 4 is 41.4 Å². The van der Waals surface area contributed by atoms with E-state index >= 15 is 0 Å². The summed E-state index contributed by atoms with van der Waals surface area (Å²) in [4.78, 5) is 38.9. The van der Waals surface area contributed by atoms with E-state index < -0.39 is 17.9 Å². The second-order valence-corrected chi connectivity index (χ2v) is 9.81. The van der Waals surface area contributed by atoms with Gasteiger partial charge in [-0.2, -0.15) is 0 Å². The zero-order valence-corrected chi connectivity index (χ0v) is 18.0. The van der Waals surface area contributed by atoms with Crippen LogP contribution in [0.15, 0.2) is 0 Å². The molecule has 6 unspecified atom stereocenters. The van der Waals surface area contributed by atoms with Gasteiger partial charge in [0.2, 0.25) is 11.8 Å². The van der Waals surface area contributed by atoms with Gasteiger partial charge in [0.15, 0.2) is 0 Å². The van der Waals surface area contributed by atoms with E-state index in [0.717, 1.165) is 18.7 Å². The first-order chi connectivity index (χ1) is 13.4. The van der Waals surface area contributed by atoms with Crippen molar-refractivity contribution in [3.63, 3.8) is 0 Å². The number of rotatable bonds is 5. The van der Waals surface area contributed by atoms with Crippen molar-refractivity contribution in [2.24, 2.45) is 5.92 Å². The summed E-state index contributed by atoms with van der Waals surface area (Å²) in [6.07, 6.45) is 0.902. The number of fused-ring (bicyclic) bond motifs is 1. The van der Waals surface area contributed by atoms with E-state index in [9.17, 15) is 14.4 Å². The molecule has 3 aliphatic rings.